The summed E-state index contributed by atoms with van der Waals surface area (Å²) in [4.78, 5) is 21.9. The van der Waals surface area contributed by atoms with Crippen LogP contribution in [0, 0.1) is 0 Å². The van der Waals surface area contributed by atoms with E-state index < -0.39 is 0 Å². The third kappa shape index (κ3) is 5.77. The van der Waals surface area contributed by atoms with Gasteiger partial charge in [0.1, 0.15) is 11.3 Å². The van der Waals surface area contributed by atoms with Crippen molar-refractivity contribution in [2.24, 2.45) is 0 Å². The van der Waals surface area contributed by atoms with Gasteiger partial charge in [0.15, 0.2) is 5.13 Å². The fourth-order valence-corrected chi connectivity index (χ4v) is 4.43. The van der Waals surface area contributed by atoms with Crippen molar-refractivity contribution in [3.05, 3.63) is 52.0 Å². The molecule has 2 aromatic carbocycles. The van der Waals surface area contributed by atoms with Gasteiger partial charge < -0.3 is 9.64 Å². The van der Waals surface area contributed by atoms with Gasteiger partial charge in [0, 0.05) is 11.6 Å². The number of anilines is 1. The highest BCUT2D eigenvalue weighted by atomic mass is 35.5. The van der Waals surface area contributed by atoms with E-state index in [1.165, 1.54) is 11.3 Å². The number of carbonyl (C=O) groups is 1. The summed E-state index contributed by atoms with van der Waals surface area (Å²) in [6.45, 7) is 3.87. The van der Waals surface area contributed by atoms with Gasteiger partial charge in [0.05, 0.1) is 21.9 Å². The van der Waals surface area contributed by atoms with E-state index in [9.17, 15) is 4.79 Å². The van der Waals surface area contributed by atoms with Crippen molar-refractivity contribution in [3.8, 4) is 5.75 Å². The lowest BCUT2D eigenvalue weighted by molar-refractivity contribution is 0.0986. The average Bonchev–Trinajstić information content (AvgIpc) is 3.09. The van der Waals surface area contributed by atoms with Crippen LogP contribution in [0.25, 0.3) is 10.2 Å². The van der Waals surface area contributed by atoms with Crippen molar-refractivity contribution >= 4 is 68.2 Å². The Hall–Kier alpha value is -1.57. The monoisotopic (exact) mass is 487 g/mol. The maximum Gasteiger partial charge on any atom is 0.261 e. The number of ether oxygens (including phenoxy) is 1. The molecule has 3 rings (SSSR count). The Kier molecular flexibility index (Phi) is 9.19. The van der Waals surface area contributed by atoms with Gasteiger partial charge in [-0.2, -0.15) is 0 Å². The maximum atomic E-state index is 13.4. The topological polar surface area (TPSA) is 45.7 Å². The van der Waals surface area contributed by atoms with Gasteiger partial charge in [-0.1, -0.05) is 40.6 Å². The highest BCUT2D eigenvalue weighted by Gasteiger charge is 2.24. The number of nitrogens with zero attached hydrogens (tertiary/aromatic N) is 3. The molecule has 0 radical (unpaired) electrons. The zero-order chi connectivity index (χ0) is 21.0. The minimum absolute atomic E-state index is 0. The summed E-state index contributed by atoms with van der Waals surface area (Å²) in [6, 6.07) is 10.7. The predicted molar refractivity (Wildman–Crippen MR) is 129 cm³/mol. The molecule has 0 fully saturated rings. The molecule has 1 amide bonds. The zero-order valence-electron chi connectivity index (χ0n) is 17.0. The number of carbonyl (C=O) groups excluding carboxylic acids is 1. The maximum absolute atomic E-state index is 13.4. The van der Waals surface area contributed by atoms with Crippen LogP contribution in [0.15, 0.2) is 36.4 Å². The molecule has 0 saturated heterocycles. The Morgan fingerprint density at radius 2 is 1.93 bits per heavy atom. The molecule has 0 atom stereocenters. The standard InChI is InChI=1S/C21H23Cl2N3O2S.ClH/c1-4-28-17-7-5-8-18-19(17)24-21(29-18)26(12-6-11-25(2)3)20(27)15-10-9-14(22)13-16(15)23;/h5,7-10,13H,4,6,11-12H2,1-3H3;1H. The molecule has 162 valence electrons. The molecule has 0 aliphatic carbocycles. The number of hydrogen-bond donors (Lipinski definition) is 0. The second-order valence-electron chi connectivity index (χ2n) is 6.77. The molecule has 0 bridgehead atoms. The number of fused-ring (bicyclic) bond motifs is 1. The average molecular weight is 489 g/mol. The van der Waals surface area contributed by atoms with Crippen LogP contribution < -0.4 is 9.64 Å². The number of halogens is 3. The molecule has 0 saturated carbocycles. The Bertz CT molecular complexity index is 1010. The summed E-state index contributed by atoms with van der Waals surface area (Å²) in [7, 11) is 4.02. The molecule has 1 heterocycles. The second-order valence-corrected chi connectivity index (χ2v) is 8.62. The Morgan fingerprint density at radius 1 is 1.17 bits per heavy atom. The number of benzene rings is 2. The first-order chi connectivity index (χ1) is 13.9. The quantitative estimate of drug-likeness (QED) is 0.389. The third-order valence-electron chi connectivity index (χ3n) is 4.30. The minimum atomic E-state index is -0.192. The second kappa shape index (κ2) is 11.2. The Morgan fingerprint density at radius 3 is 2.60 bits per heavy atom. The SMILES string of the molecule is CCOc1cccc2sc(N(CCCN(C)C)C(=O)c3ccc(Cl)cc3Cl)nc12.Cl. The van der Waals surface area contributed by atoms with Gasteiger partial charge >= 0.3 is 0 Å². The van der Waals surface area contributed by atoms with Crippen LogP contribution in [0.4, 0.5) is 5.13 Å². The first-order valence-corrected chi connectivity index (χ1v) is 10.9. The van der Waals surface area contributed by atoms with Gasteiger partial charge in [-0.25, -0.2) is 4.98 Å². The van der Waals surface area contributed by atoms with E-state index in [4.69, 9.17) is 32.9 Å². The summed E-state index contributed by atoms with van der Waals surface area (Å²) in [5.41, 5.74) is 1.17. The molecular formula is C21H24Cl3N3O2S. The van der Waals surface area contributed by atoms with E-state index in [1.54, 1.807) is 23.1 Å². The lowest BCUT2D eigenvalue weighted by Gasteiger charge is -2.21. The number of aromatic nitrogens is 1. The number of para-hydroxylation sites is 1. The predicted octanol–water partition coefficient (Wildman–Crippen LogP) is 6.02. The lowest BCUT2D eigenvalue weighted by Crippen LogP contribution is -2.33. The molecule has 30 heavy (non-hydrogen) atoms. The number of amides is 1. The van der Waals surface area contributed by atoms with E-state index in [2.05, 4.69) is 4.90 Å². The van der Waals surface area contributed by atoms with Crippen molar-refractivity contribution in [1.82, 2.24) is 9.88 Å². The minimum Gasteiger partial charge on any atom is -0.492 e. The Balaban J connectivity index is 0.00000320. The normalized spacial score (nSPS) is 10.9. The van der Waals surface area contributed by atoms with Crippen molar-refractivity contribution in [3.63, 3.8) is 0 Å². The summed E-state index contributed by atoms with van der Waals surface area (Å²) in [5, 5.41) is 1.45. The smallest absolute Gasteiger partial charge is 0.261 e. The molecular weight excluding hydrogens is 465 g/mol. The van der Waals surface area contributed by atoms with Crippen LogP contribution in [-0.2, 0) is 0 Å². The number of rotatable bonds is 8. The van der Waals surface area contributed by atoms with Crippen molar-refractivity contribution in [2.45, 2.75) is 13.3 Å². The lowest BCUT2D eigenvalue weighted by atomic mass is 10.2. The first-order valence-electron chi connectivity index (χ1n) is 9.34. The fraction of sp³-hybridized carbons (Fsp3) is 0.333. The molecule has 0 aliphatic heterocycles. The van der Waals surface area contributed by atoms with E-state index in [0.717, 1.165) is 28.9 Å². The van der Waals surface area contributed by atoms with E-state index >= 15 is 0 Å². The van der Waals surface area contributed by atoms with Gasteiger partial charge in [0.2, 0.25) is 0 Å². The van der Waals surface area contributed by atoms with Gasteiger partial charge in [-0.05, 0) is 64.3 Å². The number of hydrogen-bond acceptors (Lipinski definition) is 5. The van der Waals surface area contributed by atoms with Crippen LogP contribution in [0.2, 0.25) is 10.0 Å². The van der Waals surface area contributed by atoms with Crippen molar-refractivity contribution in [1.29, 1.82) is 0 Å². The van der Waals surface area contributed by atoms with Crippen molar-refractivity contribution in [2.75, 3.05) is 38.7 Å². The van der Waals surface area contributed by atoms with Crippen LogP contribution in [-0.4, -0.2) is 49.6 Å². The molecule has 0 aliphatic rings. The fourth-order valence-electron chi connectivity index (χ4n) is 2.94. The first kappa shape index (κ1) is 24.7. The number of thiazole rings is 1. The molecule has 5 nitrogen and oxygen atoms in total. The largest absolute Gasteiger partial charge is 0.492 e. The van der Waals surface area contributed by atoms with Crippen LogP contribution in [0.1, 0.15) is 23.7 Å². The molecule has 0 spiro atoms. The highest BCUT2D eigenvalue weighted by Crippen LogP contribution is 2.35. The van der Waals surface area contributed by atoms with E-state index in [1.807, 2.05) is 39.2 Å². The van der Waals surface area contributed by atoms with Crippen molar-refractivity contribution < 1.29 is 9.53 Å². The van der Waals surface area contributed by atoms with Crippen LogP contribution >= 0.6 is 46.9 Å². The molecule has 1 aromatic heterocycles. The molecule has 0 unspecified atom stereocenters. The summed E-state index contributed by atoms with van der Waals surface area (Å²) < 4.78 is 6.67. The highest BCUT2D eigenvalue weighted by molar-refractivity contribution is 7.22. The van der Waals surface area contributed by atoms with Crippen LogP contribution in [0.3, 0.4) is 0 Å². The van der Waals surface area contributed by atoms with E-state index in [0.29, 0.717) is 33.9 Å². The molecule has 3 aromatic rings. The summed E-state index contributed by atoms with van der Waals surface area (Å²) >= 11 is 13.8. The zero-order valence-corrected chi connectivity index (χ0v) is 20.2. The Labute approximate surface area is 197 Å². The van der Waals surface area contributed by atoms with E-state index in [-0.39, 0.29) is 18.3 Å². The van der Waals surface area contributed by atoms with Gasteiger partial charge in [-0.15, -0.1) is 12.4 Å². The molecule has 0 N–H and O–H groups in total. The summed E-state index contributed by atoms with van der Waals surface area (Å²) in [5.74, 6) is 0.528. The van der Waals surface area contributed by atoms with Gasteiger partial charge in [-0.3, -0.25) is 9.69 Å². The van der Waals surface area contributed by atoms with Crippen LogP contribution in [0.5, 0.6) is 5.75 Å². The molecule has 9 heteroatoms. The summed E-state index contributed by atoms with van der Waals surface area (Å²) in [6.07, 6.45) is 0.804. The third-order valence-corrected chi connectivity index (χ3v) is 5.89. The van der Waals surface area contributed by atoms with Gasteiger partial charge in [0.25, 0.3) is 5.91 Å².